The number of unbranched alkanes of at least 4 members (excludes halogenated alkanes) is 1. The Morgan fingerprint density at radius 1 is 1.17 bits per heavy atom. The fraction of sp³-hybridized carbons (Fsp3) is 0.500. The van der Waals surface area contributed by atoms with Gasteiger partial charge in [0.15, 0.2) is 11.5 Å². The number of hydrogen-bond donors (Lipinski definition) is 0. The smallest absolute Gasteiger partial charge is 0.162 e. The Bertz CT molecular complexity index is 399. The van der Waals surface area contributed by atoms with Gasteiger partial charge >= 0.3 is 0 Å². The Kier molecular flexibility index (Phi) is 6.67. The summed E-state index contributed by atoms with van der Waals surface area (Å²) in [5.74, 6) is 1.21. The lowest BCUT2D eigenvalue weighted by atomic mass is 10.2. The molecule has 0 saturated heterocycles. The predicted molar refractivity (Wildman–Crippen MR) is 68.9 cm³/mol. The molecule has 0 heterocycles. The highest BCUT2D eigenvalue weighted by Crippen LogP contribution is 2.27. The van der Waals surface area contributed by atoms with Crippen LogP contribution in [0.4, 0.5) is 0 Å². The van der Waals surface area contributed by atoms with Crippen molar-refractivity contribution in [1.29, 1.82) is 5.26 Å². The lowest BCUT2D eigenvalue weighted by Gasteiger charge is -2.10. The minimum Gasteiger partial charge on any atom is -0.493 e. The molecule has 98 valence electrons. The molecule has 1 rings (SSSR count). The summed E-state index contributed by atoms with van der Waals surface area (Å²) < 4.78 is 16.1. The average molecular weight is 249 g/mol. The third kappa shape index (κ3) is 4.64. The summed E-state index contributed by atoms with van der Waals surface area (Å²) in [4.78, 5) is 0. The van der Waals surface area contributed by atoms with Crippen LogP contribution in [0.1, 0.15) is 25.3 Å². The fourth-order valence-electron chi connectivity index (χ4n) is 1.42. The van der Waals surface area contributed by atoms with Gasteiger partial charge in [-0.3, -0.25) is 0 Å². The fourth-order valence-corrected chi connectivity index (χ4v) is 1.42. The van der Waals surface area contributed by atoms with Crippen molar-refractivity contribution in [3.05, 3.63) is 23.8 Å². The molecule has 4 nitrogen and oxygen atoms in total. The predicted octanol–water partition coefficient (Wildman–Crippen LogP) is 2.76. The van der Waals surface area contributed by atoms with Crippen LogP contribution in [0, 0.1) is 11.3 Å². The second kappa shape index (κ2) is 8.37. The molecule has 0 fully saturated rings. The van der Waals surface area contributed by atoms with Crippen LogP contribution in [0.25, 0.3) is 0 Å². The van der Waals surface area contributed by atoms with Gasteiger partial charge in [-0.1, -0.05) is 13.3 Å². The van der Waals surface area contributed by atoms with E-state index < -0.39 is 0 Å². The molecule has 0 saturated carbocycles. The molecule has 0 aliphatic carbocycles. The maximum Gasteiger partial charge on any atom is 0.162 e. The molecule has 0 spiro atoms. The third-order valence-corrected chi connectivity index (χ3v) is 2.42. The Morgan fingerprint density at radius 2 is 2.00 bits per heavy atom. The van der Waals surface area contributed by atoms with Crippen LogP contribution >= 0.6 is 0 Å². The molecule has 0 unspecified atom stereocenters. The largest absolute Gasteiger partial charge is 0.493 e. The van der Waals surface area contributed by atoms with Crippen molar-refractivity contribution in [1.82, 2.24) is 0 Å². The highest BCUT2D eigenvalue weighted by atomic mass is 16.5. The minimum absolute atomic E-state index is 0.478. The molecule has 1 aromatic carbocycles. The number of rotatable bonds is 8. The summed E-state index contributed by atoms with van der Waals surface area (Å²) >= 11 is 0. The SMILES string of the molecule is CCCCOCCOc1ccc(C#N)cc1OC. The molecule has 0 aromatic heterocycles. The van der Waals surface area contributed by atoms with Crippen molar-refractivity contribution in [3.8, 4) is 17.6 Å². The highest BCUT2D eigenvalue weighted by Gasteiger charge is 2.05. The molecule has 0 aliphatic rings. The van der Waals surface area contributed by atoms with Crippen LogP contribution in [0.3, 0.4) is 0 Å². The van der Waals surface area contributed by atoms with Gasteiger partial charge in [0, 0.05) is 12.7 Å². The van der Waals surface area contributed by atoms with Crippen LogP contribution < -0.4 is 9.47 Å². The van der Waals surface area contributed by atoms with Gasteiger partial charge in [0.25, 0.3) is 0 Å². The summed E-state index contributed by atoms with van der Waals surface area (Å²) in [6.45, 7) is 3.93. The van der Waals surface area contributed by atoms with Gasteiger partial charge in [0.1, 0.15) is 6.61 Å². The summed E-state index contributed by atoms with van der Waals surface area (Å²) in [6.07, 6.45) is 2.20. The van der Waals surface area contributed by atoms with Crippen LogP contribution in [0.2, 0.25) is 0 Å². The highest BCUT2D eigenvalue weighted by molar-refractivity contribution is 5.46. The van der Waals surface area contributed by atoms with E-state index in [1.165, 1.54) is 0 Å². The Morgan fingerprint density at radius 3 is 2.67 bits per heavy atom. The second-order valence-electron chi connectivity index (χ2n) is 3.79. The van der Waals surface area contributed by atoms with E-state index in [1.54, 1.807) is 25.3 Å². The average Bonchev–Trinajstić information content (AvgIpc) is 2.42. The first-order valence-corrected chi connectivity index (χ1v) is 6.10. The molecule has 1 aromatic rings. The molecule has 0 amide bonds. The van der Waals surface area contributed by atoms with E-state index in [4.69, 9.17) is 19.5 Å². The molecular formula is C14H19NO3. The normalized spacial score (nSPS) is 9.83. The zero-order valence-corrected chi connectivity index (χ0v) is 10.9. The lowest BCUT2D eigenvalue weighted by Crippen LogP contribution is -2.08. The number of nitriles is 1. The zero-order valence-electron chi connectivity index (χ0n) is 10.9. The Balaban J connectivity index is 2.40. The first-order valence-electron chi connectivity index (χ1n) is 6.10. The molecule has 0 atom stereocenters. The van der Waals surface area contributed by atoms with E-state index in [9.17, 15) is 0 Å². The van der Waals surface area contributed by atoms with Crippen molar-refractivity contribution in [2.45, 2.75) is 19.8 Å². The number of methoxy groups -OCH3 is 1. The number of ether oxygens (including phenoxy) is 3. The molecule has 18 heavy (non-hydrogen) atoms. The van der Waals surface area contributed by atoms with Crippen molar-refractivity contribution in [2.24, 2.45) is 0 Å². The van der Waals surface area contributed by atoms with E-state index in [-0.39, 0.29) is 0 Å². The Labute approximate surface area is 108 Å². The van der Waals surface area contributed by atoms with Crippen LogP contribution in [0.15, 0.2) is 18.2 Å². The van der Waals surface area contributed by atoms with E-state index in [0.29, 0.717) is 30.3 Å². The molecular weight excluding hydrogens is 230 g/mol. The minimum atomic E-state index is 0.478. The van der Waals surface area contributed by atoms with Gasteiger partial charge in [-0.15, -0.1) is 0 Å². The standard InChI is InChI=1S/C14H19NO3/c1-3-4-7-17-8-9-18-13-6-5-12(11-15)10-14(13)16-2/h5-6,10H,3-4,7-9H2,1-2H3. The Hall–Kier alpha value is -1.73. The summed E-state index contributed by atoms with van der Waals surface area (Å²) in [6, 6.07) is 7.16. The van der Waals surface area contributed by atoms with Crippen molar-refractivity contribution >= 4 is 0 Å². The second-order valence-corrected chi connectivity index (χ2v) is 3.79. The first kappa shape index (κ1) is 14.3. The molecule has 0 radical (unpaired) electrons. The molecule has 0 aliphatic heterocycles. The van der Waals surface area contributed by atoms with Gasteiger partial charge in [0.2, 0.25) is 0 Å². The number of hydrogen-bond acceptors (Lipinski definition) is 4. The zero-order chi connectivity index (χ0) is 13.2. The first-order chi connectivity index (χ1) is 8.81. The van der Waals surface area contributed by atoms with Crippen molar-refractivity contribution in [2.75, 3.05) is 26.9 Å². The molecule has 4 heteroatoms. The number of benzene rings is 1. The van der Waals surface area contributed by atoms with Gasteiger partial charge in [0.05, 0.1) is 25.3 Å². The van der Waals surface area contributed by atoms with Crippen molar-refractivity contribution < 1.29 is 14.2 Å². The van der Waals surface area contributed by atoms with E-state index in [1.807, 2.05) is 0 Å². The van der Waals surface area contributed by atoms with Crippen LogP contribution in [0.5, 0.6) is 11.5 Å². The van der Waals surface area contributed by atoms with Crippen molar-refractivity contribution in [3.63, 3.8) is 0 Å². The number of nitrogens with zero attached hydrogens (tertiary/aromatic N) is 1. The van der Waals surface area contributed by atoms with Gasteiger partial charge < -0.3 is 14.2 Å². The van der Waals surface area contributed by atoms with Gasteiger partial charge in [-0.05, 0) is 18.6 Å². The maximum atomic E-state index is 8.78. The monoisotopic (exact) mass is 249 g/mol. The topological polar surface area (TPSA) is 51.5 Å². The maximum absolute atomic E-state index is 8.78. The van der Waals surface area contributed by atoms with Crippen LogP contribution in [-0.2, 0) is 4.74 Å². The van der Waals surface area contributed by atoms with Crippen LogP contribution in [-0.4, -0.2) is 26.9 Å². The molecule has 0 N–H and O–H groups in total. The quantitative estimate of drug-likeness (QED) is 0.665. The summed E-state index contributed by atoms with van der Waals surface area (Å²) in [5, 5.41) is 8.78. The van der Waals surface area contributed by atoms with E-state index in [2.05, 4.69) is 13.0 Å². The van der Waals surface area contributed by atoms with Gasteiger partial charge in [-0.2, -0.15) is 5.26 Å². The summed E-state index contributed by atoms with van der Waals surface area (Å²) in [5.41, 5.74) is 0.554. The summed E-state index contributed by atoms with van der Waals surface area (Å²) in [7, 11) is 1.56. The molecule has 0 bridgehead atoms. The third-order valence-electron chi connectivity index (χ3n) is 2.42. The van der Waals surface area contributed by atoms with Gasteiger partial charge in [-0.25, -0.2) is 0 Å². The van der Waals surface area contributed by atoms with E-state index >= 15 is 0 Å². The van der Waals surface area contributed by atoms with E-state index in [0.717, 1.165) is 19.4 Å². The lowest BCUT2D eigenvalue weighted by molar-refractivity contribution is 0.0970.